The zero-order chi connectivity index (χ0) is 17.2. The van der Waals surface area contributed by atoms with Crippen LogP contribution >= 0.6 is 0 Å². The second-order valence-electron chi connectivity index (χ2n) is 6.04. The maximum atomic E-state index is 12.0. The summed E-state index contributed by atoms with van der Waals surface area (Å²) in [6, 6.07) is 0.451. The molecule has 0 saturated carbocycles. The third-order valence-electron chi connectivity index (χ3n) is 4.54. The average Bonchev–Trinajstić information content (AvgIpc) is 2.57. The molecule has 1 N–H and O–H groups in total. The van der Waals surface area contributed by atoms with Crippen LogP contribution in [0.4, 0.5) is 0 Å². The standard InChI is InChI=1S/C17H34N4O2/c1-6-20(7-2)14(4)12-19-17(18-5)21-11-9-10-15(13-21)16(22)23-8-3/h14-15H,6-13H2,1-5H3,(H,18,19). The average molecular weight is 326 g/mol. The molecule has 1 rings (SSSR count). The van der Waals surface area contributed by atoms with Crippen LogP contribution in [0.3, 0.4) is 0 Å². The van der Waals surface area contributed by atoms with Gasteiger partial charge in [0, 0.05) is 32.7 Å². The maximum absolute atomic E-state index is 12.0. The first-order valence-electron chi connectivity index (χ1n) is 8.93. The Kier molecular flexibility index (Phi) is 8.99. The molecule has 1 saturated heterocycles. The number of rotatable bonds is 7. The molecule has 6 heteroatoms. The van der Waals surface area contributed by atoms with Crippen molar-refractivity contribution in [1.29, 1.82) is 0 Å². The Balaban J connectivity index is 2.55. The molecule has 6 nitrogen and oxygen atoms in total. The molecular formula is C17H34N4O2. The molecule has 1 aliphatic rings. The Labute approximate surface area is 141 Å². The lowest BCUT2D eigenvalue weighted by Crippen LogP contribution is -2.51. The van der Waals surface area contributed by atoms with Gasteiger partial charge in [0.1, 0.15) is 0 Å². The normalized spacial score (nSPS) is 20.5. The van der Waals surface area contributed by atoms with E-state index < -0.39 is 0 Å². The van der Waals surface area contributed by atoms with Gasteiger partial charge >= 0.3 is 5.97 Å². The molecule has 0 aromatic rings. The van der Waals surface area contributed by atoms with Gasteiger partial charge in [-0.25, -0.2) is 0 Å². The minimum atomic E-state index is -0.0795. The van der Waals surface area contributed by atoms with Crippen LogP contribution < -0.4 is 5.32 Å². The molecule has 23 heavy (non-hydrogen) atoms. The zero-order valence-electron chi connectivity index (χ0n) is 15.5. The number of esters is 1. The first kappa shape index (κ1) is 19.7. The largest absolute Gasteiger partial charge is 0.466 e. The number of piperidine rings is 1. The number of guanidine groups is 1. The quantitative estimate of drug-likeness (QED) is 0.437. The molecule has 0 bridgehead atoms. The van der Waals surface area contributed by atoms with E-state index in [2.05, 4.69) is 40.9 Å². The molecule has 0 aliphatic carbocycles. The summed E-state index contributed by atoms with van der Waals surface area (Å²) in [4.78, 5) is 21.0. The molecule has 0 aromatic carbocycles. The number of hydrogen-bond donors (Lipinski definition) is 1. The van der Waals surface area contributed by atoms with Crippen LogP contribution in [-0.4, -0.2) is 74.1 Å². The highest BCUT2D eigenvalue weighted by Gasteiger charge is 2.28. The predicted molar refractivity (Wildman–Crippen MR) is 94.7 cm³/mol. The van der Waals surface area contributed by atoms with Crippen molar-refractivity contribution >= 4 is 11.9 Å². The summed E-state index contributed by atoms with van der Waals surface area (Å²) in [6.07, 6.45) is 1.90. The van der Waals surface area contributed by atoms with E-state index in [9.17, 15) is 4.79 Å². The number of likely N-dealkylation sites (tertiary alicyclic amines) is 1. The van der Waals surface area contributed by atoms with E-state index in [0.29, 0.717) is 19.2 Å². The van der Waals surface area contributed by atoms with Gasteiger partial charge in [-0.3, -0.25) is 14.7 Å². The van der Waals surface area contributed by atoms with E-state index >= 15 is 0 Å². The van der Waals surface area contributed by atoms with Gasteiger partial charge in [0.25, 0.3) is 0 Å². The second kappa shape index (κ2) is 10.5. The van der Waals surface area contributed by atoms with Gasteiger partial charge in [-0.1, -0.05) is 13.8 Å². The molecule has 1 heterocycles. The number of nitrogens with one attached hydrogen (secondary N) is 1. The number of ether oxygens (including phenoxy) is 1. The molecule has 0 spiro atoms. The van der Waals surface area contributed by atoms with E-state index in [0.717, 1.165) is 45.0 Å². The number of hydrogen-bond acceptors (Lipinski definition) is 4. The third kappa shape index (κ3) is 6.01. The monoisotopic (exact) mass is 326 g/mol. The van der Waals surface area contributed by atoms with Crippen LogP contribution in [0.25, 0.3) is 0 Å². The molecule has 0 amide bonds. The molecule has 2 unspecified atom stereocenters. The minimum Gasteiger partial charge on any atom is -0.466 e. The Morgan fingerprint density at radius 2 is 2.09 bits per heavy atom. The zero-order valence-corrected chi connectivity index (χ0v) is 15.5. The lowest BCUT2D eigenvalue weighted by atomic mass is 9.98. The maximum Gasteiger partial charge on any atom is 0.310 e. The molecule has 1 fully saturated rings. The van der Waals surface area contributed by atoms with E-state index in [1.54, 1.807) is 7.05 Å². The molecule has 2 atom stereocenters. The van der Waals surface area contributed by atoms with Crippen LogP contribution in [0.15, 0.2) is 4.99 Å². The van der Waals surface area contributed by atoms with Gasteiger partial charge in [0.2, 0.25) is 0 Å². The summed E-state index contributed by atoms with van der Waals surface area (Å²) in [5.74, 6) is 0.768. The highest BCUT2D eigenvalue weighted by Crippen LogP contribution is 2.18. The molecule has 1 aliphatic heterocycles. The minimum absolute atomic E-state index is 0.0394. The number of nitrogens with zero attached hydrogens (tertiary/aromatic N) is 3. The Morgan fingerprint density at radius 1 is 1.39 bits per heavy atom. The summed E-state index contributed by atoms with van der Waals surface area (Å²) >= 11 is 0. The summed E-state index contributed by atoms with van der Waals surface area (Å²) in [7, 11) is 1.80. The van der Waals surface area contributed by atoms with Crippen LogP contribution in [0, 0.1) is 5.92 Å². The molecule has 0 radical (unpaired) electrons. The van der Waals surface area contributed by atoms with Crippen molar-refractivity contribution in [2.45, 2.75) is 46.6 Å². The second-order valence-corrected chi connectivity index (χ2v) is 6.04. The van der Waals surface area contributed by atoms with Gasteiger partial charge in [-0.05, 0) is 39.8 Å². The van der Waals surface area contributed by atoms with Crippen molar-refractivity contribution in [2.75, 3.05) is 46.4 Å². The van der Waals surface area contributed by atoms with E-state index in [4.69, 9.17) is 4.74 Å². The van der Waals surface area contributed by atoms with E-state index in [1.165, 1.54) is 0 Å². The number of aliphatic imine (C=N–C) groups is 1. The van der Waals surface area contributed by atoms with Crippen molar-refractivity contribution in [2.24, 2.45) is 10.9 Å². The van der Waals surface area contributed by atoms with Crippen LogP contribution in [0.5, 0.6) is 0 Å². The molecular weight excluding hydrogens is 292 g/mol. The number of likely N-dealkylation sites (N-methyl/N-ethyl adjacent to an activating group) is 1. The number of carbonyl (C=O) groups excluding carboxylic acids is 1. The highest BCUT2D eigenvalue weighted by molar-refractivity contribution is 5.81. The van der Waals surface area contributed by atoms with Crippen molar-refractivity contribution in [1.82, 2.24) is 15.1 Å². The van der Waals surface area contributed by atoms with Crippen LogP contribution in [0.2, 0.25) is 0 Å². The van der Waals surface area contributed by atoms with Crippen molar-refractivity contribution < 1.29 is 9.53 Å². The summed E-state index contributed by atoms with van der Waals surface area (Å²) in [6.45, 7) is 13.5. The first-order valence-corrected chi connectivity index (χ1v) is 8.93. The van der Waals surface area contributed by atoms with Crippen LogP contribution in [0.1, 0.15) is 40.5 Å². The van der Waals surface area contributed by atoms with Crippen LogP contribution in [-0.2, 0) is 9.53 Å². The van der Waals surface area contributed by atoms with Crippen molar-refractivity contribution in [3.05, 3.63) is 0 Å². The summed E-state index contributed by atoms with van der Waals surface area (Å²) in [5, 5.41) is 3.46. The summed E-state index contributed by atoms with van der Waals surface area (Å²) in [5.41, 5.74) is 0. The van der Waals surface area contributed by atoms with Gasteiger partial charge in [-0.15, -0.1) is 0 Å². The van der Waals surface area contributed by atoms with Gasteiger partial charge in [0.05, 0.1) is 12.5 Å². The number of carbonyl (C=O) groups is 1. The fraction of sp³-hybridized carbons (Fsp3) is 0.882. The Morgan fingerprint density at radius 3 is 2.65 bits per heavy atom. The van der Waals surface area contributed by atoms with Crippen molar-refractivity contribution in [3.63, 3.8) is 0 Å². The Hall–Kier alpha value is -1.30. The van der Waals surface area contributed by atoms with Crippen molar-refractivity contribution in [3.8, 4) is 0 Å². The highest BCUT2D eigenvalue weighted by atomic mass is 16.5. The van der Waals surface area contributed by atoms with Gasteiger partial charge in [-0.2, -0.15) is 0 Å². The topological polar surface area (TPSA) is 57.2 Å². The third-order valence-corrected chi connectivity index (χ3v) is 4.54. The molecule has 134 valence electrons. The lowest BCUT2D eigenvalue weighted by molar-refractivity contribution is -0.149. The van der Waals surface area contributed by atoms with Gasteiger partial charge < -0.3 is 15.0 Å². The first-order chi connectivity index (χ1) is 11.1. The molecule has 0 aromatic heterocycles. The predicted octanol–water partition coefficient (Wildman–Crippen LogP) is 1.57. The van der Waals surface area contributed by atoms with Gasteiger partial charge in [0.15, 0.2) is 5.96 Å². The lowest BCUT2D eigenvalue weighted by Gasteiger charge is -2.35. The smallest absolute Gasteiger partial charge is 0.310 e. The van der Waals surface area contributed by atoms with E-state index in [-0.39, 0.29) is 11.9 Å². The summed E-state index contributed by atoms with van der Waals surface area (Å²) < 4.78 is 5.17. The fourth-order valence-corrected chi connectivity index (χ4v) is 3.17. The SMILES string of the molecule is CCOC(=O)C1CCCN(C(=NC)NCC(C)N(CC)CC)C1. The van der Waals surface area contributed by atoms with E-state index in [1.807, 2.05) is 6.92 Å². The Bertz CT molecular complexity index is 383. The fourth-order valence-electron chi connectivity index (χ4n) is 3.17.